The predicted octanol–water partition coefficient (Wildman–Crippen LogP) is 3.54. The van der Waals surface area contributed by atoms with E-state index in [2.05, 4.69) is 33.9 Å². The van der Waals surface area contributed by atoms with Crippen molar-refractivity contribution in [1.29, 1.82) is 0 Å². The zero-order valence-electron chi connectivity index (χ0n) is 17.0. The van der Waals surface area contributed by atoms with Crippen LogP contribution in [0.15, 0.2) is 67.0 Å². The van der Waals surface area contributed by atoms with Gasteiger partial charge in [-0.15, -0.1) is 0 Å². The van der Waals surface area contributed by atoms with E-state index in [1.807, 2.05) is 48.7 Å². The molecule has 3 aromatic rings. The molecule has 3 aliphatic rings. The number of benzene rings is 1. The van der Waals surface area contributed by atoms with Crippen LogP contribution < -0.4 is 0 Å². The van der Waals surface area contributed by atoms with Crippen molar-refractivity contribution in [1.82, 2.24) is 14.9 Å². The Morgan fingerprint density at radius 2 is 1.87 bits per heavy atom. The van der Waals surface area contributed by atoms with E-state index >= 15 is 0 Å². The second-order valence-electron chi connectivity index (χ2n) is 8.32. The smallest absolute Gasteiger partial charge is 0.141 e. The van der Waals surface area contributed by atoms with E-state index in [0.29, 0.717) is 13.0 Å². The van der Waals surface area contributed by atoms with E-state index in [9.17, 15) is 5.11 Å². The Labute approximate surface area is 177 Å². The lowest BCUT2D eigenvalue weighted by Gasteiger charge is -2.47. The van der Waals surface area contributed by atoms with Crippen molar-refractivity contribution in [2.45, 2.75) is 24.9 Å². The first-order chi connectivity index (χ1) is 14.7. The maximum absolute atomic E-state index is 11.2. The van der Waals surface area contributed by atoms with Crippen molar-refractivity contribution in [3.8, 4) is 23.1 Å². The first-order valence-electron chi connectivity index (χ1n) is 10.6. The van der Waals surface area contributed by atoms with Crippen LogP contribution in [-0.2, 0) is 6.42 Å². The fraction of sp³-hybridized carbons (Fsp3) is 0.308. The number of piperidine rings is 3. The highest BCUT2D eigenvalue weighted by Gasteiger charge is 2.44. The maximum atomic E-state index is 11.2. The molecule has 30 heavy (non-hydrogen) atoms. The van der Waals surface area contributed by atoms with Gasteiger partial charge in [0.05, 0.1) is 11.4 Å². The topological polar surface area (TPSA) is 49.3 Å². The van der Waals surface area contributed by atoms with E-state index in [0.717, 1.165) is 48.4 Å². The quantitative estimate of drug-likeness (QED) is 0.689. The van der Waals surface area contributed by atoms with Gasteiger partial charge in [-0.2, -0.15) is 0 Å². The van der Waals surface area contributed by atoms with Gasteiger partial charge in [0.25, 0.3) is 0 Å². The third-order valence-corrected chi connectivity index (χ3v) is 6.29. The van der Waals surface area contributed by atoms with Crippen LogP contribution in [0.4, 0.5) is 0 Å². The molecule has 2 bridgehead atoms. The predicted molar refractivity (Wildman–Crippen MR) is 118 cm³/mol. The van der Waals surface area contributed by atoms with Crippen LogP contribution in [0.25, 0.3) is 11.3 Å². The maximum Gasteiger partial charge on any atom is 0.141 e. The minimum Gasteiger partial charge on any atom is -0.376 e. The zero-order valence-corrected chi connectivity index (χ0v) is 17.0. The molecule has 3 fully saturated rings. The summed E-state index contributed by atoms with van der Waals surface area (Å²) in [6, 6.07) is 18.3. The van der Waals surface area contributed by atoms with E-state index < -0.39 is 5.60 Å². The Morgan fingerprint density at radius 3 is 2.57 bits per heavy atom. The molecule has 0 radical (unpaired) electrons. The number of aromatic nitrogens is 2. The largest absolute Gasteiger partial charge is 0.376 e. The summed E-state index contributed by atoms with van der Waals surface area (Å²) in [6.45, 7) is 2.81. The molecule has 5 heterocycles. The lowest BCUT2D eigenvalue weighted by atomic mass is 9.75. The van der Waals surface area contributed by atoms with Gasteiger partial charge in [0.1, 0.15) is 5.60 Å². The number of rotatable bonds is 3. The third kappa shape index (κ3) is 3.87. The van der Waals surface area contributed by atoms with Gasteiger partial charge in [-0.05, 0) is 55.8 Å². The number of fused-ring (bicyclic) bond motifs is 3. The van der Waals surface area contributed by atoms with Crippen molar-refractivity contribution >= 4 is 0 Å². The van der Waals surface area contributed by atoms with Gasteiger partial charge < -0.3 is 5.11 Å². The molecule has 3 aliphatic heterocycles. The summed E-state index contributed by atoms with van der Waals surface area (Å²) in [5.41, 5.74) is 3.97. The lowest BCUT2D eigenvalue weighted by molar-refractivity contribution is -0.0713. The number of pyridine rings is 2. The Morgan fingerprint density at radius 1 is 1.03 bits per heavy atom. The van der Waals surface area contributed by atoms with Crippen molar-refractivity contribution in [3.63, 3.8) is 0 Å². The van der Waals surface area contributed by atoms with Crippen molar-refractivity contribution in [2.75, 3.05) is 19.6 Å². The SMILES string of the molecule is OC1(C#Cc2ccc(-c3cccnc3)nc2Cc2ccccc2)CN2CCC1CC2. The van der Waals surface area contributed by atoms with Crippen LogP contribution in [0.2, 0.25) is 0 Å². The normalized spacial score (nSPS) is 24.8. The highest BCUT2D eigenvalue weighted by atomic mass is 16.3. The highest BCUT2D eigenvalue weighted by molar-refractivity contribution is 5.59. The van der Waals surface area contributed by atoms with E-state index in [-0.39, 0.29) is 5.92 Å². The molecule has 0 saturated carbocycles. The molecule has 4 nitrogen and oxygen atoms in total. The number of hydrogen-bond acceptors (Lipinski definition) is 4. The molecule has 0 spiro atoms. The van der Waals surface area contributed by atoms with Crippen molar-refractivity contribution in [3.05, 3.63) is 83.8 Å². The first-order valence-corrected chi connectivity index (χ1v) is 10.6. The number of aliphatic hydroxyl groups is 1. The molecule has 6 rings (SSSR count). The number of hydrogen-bond donors (Lipinski definition) is 1. The molecule has 0 aliphatic carbocycles. The molecule has 4 heteroatoms. The Hall–Kier alpha value is -3.00. The second kappa shape index (κ2) is 8.02. The summed E-state index contributed by atoms with van der Waals surface area (Å²) in [6.07, 6.45) is 6.35. The van der Waals surface area contributed by atoms with Gasteiger partial charge in [0.2, 0.25) is 0 Å². The highest BCUT2D eigenvalue weighted by Crippen LogP contribution is 2.35. The third-order valence-electron chi connectivity index (χ3n) is 6.29. The van der Waals surface area contributed by atoms with E-state index in [1.165, 1.54) is 5.56 Å². The van der Waals surface area contributed by atoms with Gasteiger partial charge in [-0.25, -0.2) is 0 Å². The van der Waals surface area contributed by atoms with Gasteiger partial charge in [-0.1, -0.05) is 42.2 Å². The molecule has 1 atom stereocenters. The molecule has 1 unspecified atom stereocenters. The van der Waals surface area contributed by atoms with Crippen molar-refractivity contribution < 1.29 is 5.11 Å². The monoisotopic (exact) mass is 395 g/mol. The van der Waals surface area contributed by atoms with Gasteiger partial charge in [-0.3, -0.25) is 14.9 Å². The molecule has 3 saturated heterocycles. The van der Waals surface area contributed by atoms with Gasteiger partial charge in [0, 0.05) is 42.4 Å². The zero-order chi connectivity index (χ0) is 20.4. The summed E-state index contributed by atoms with van der Waals surface area (Å²) >= 11 is 0. The van der Waals surface area contributed by atoms with Gasteiger partial charge >= 0.3 is 0 Å². The molecule has 2 aromatic heterocycles. The van der Waals surface area contributed by atoms with Crippen LogP contribution in [0, 0.1) is 17.8 Å². The number of nitrogens with zero attached hydrogens (tertiary/aromatic N) is 3. The minimum absolute atomic E-state index is 0.273. The van der Waals surface area contributed by atoms with Crippen LogP contribution in [0.1, 0.15) is 29.7 Å². The summed E-state index contributed by atoms with van der Waals surface area (Å²) in [5, 5.41) is 11.2. The fourth-order valence-electron chi connectivity index (χ4n) is 4.57. The molecular formula is C26H25N3O. The van der Waals surface area contributed by atoms with Crippen LogP contribution >= 0.6 is 0 Å². The summed E-state index contributed by atoms with van der Waals surface area (Å²) in [4.78, 5) is 11.5. The summed E-state index contributed by atoms with van der Waals surface area (Å²) in [5.74, 6) is 6.82. The fourth-order valence-corrected chi connectivity index (χ4v) is 4.57. The average molecular weight is 396 g/mol. The Bertz CT molecular complexity index is 1080. The molecule has 150 valence electrons. The van der Waals surface area contributed by atoms with Crippen molar-refractivity contribution in [2.24, 2.45) is 5.92 Å². The molecular weight excluding hydrogens is 370 g/mol. The lowest BCUT2D eigenvalue weighted by Crippen LogP contribution is -2.58. The minimum atomic E-state index is -0.914. The van der Waals surface area contributed by atoms with E-state index in [1.54, 1.807) is 6.20 Å². The van der Waals surface area contributed by atoms with E-state index in [4.69, 9.17) is 4.98 Å². The Balaban J connectivity index is 1.51. The summed E-state index contributed by atoms with van der Waals surface area (Å²) < 4.78 is 0. The van der Waals surface area contributed by atoms with Crippen LogP contribution in [0.5, 0.6) is 0 Å². The molecule has 1 aromatic carbocycles. The average Bonchev–Trinajstić information content (AvgIpc) is 2.80. The first kappa shape index (κ1) is 19.0. The van der Waals surface area contributed by atoms with Crippen LogP contribution in [0.3, 0.4) is 0 Å². The molecule has 1 N–H and O–H groups in total. The standard InChI is InChI=1S/C26H25N3O/c30-26(19-29-15-11-23(26)12-16-29)13-10-21-8-9-24(22-7-4-14-27-18-22)28-25(21)17-20-5-2-1-3-6-20/h1-9,14,18,23,30H,11-12,15-17,19H2. The second-order valence-corrected chi connectivity index (χ2v) is 8.32. The Kier molecular flexibility index (Phi) is 5.08. The van der Waals surface area contributed by atoms with Crippen LogP contribution in [-0.4, -0.2) is 45.2 Å². The van der Waals surface area contributed by atoms with Gasteiger partial charge in [0.15, 0.2) is 0 Å². The molecule has 0 amide bonds. The summed E-state index contributed by atoms with van der Waals surface area (Å²) in [7, 11) is 0.